The van der Waals surface area contributed by atoms with E-state index in [1.54, 1.807) is 4.52 Å². The Morgan fingerprint density at radius 3 is 2.72 bits per heavy atom. The van der Waals surface area contributed by atoms with Crippen molar-refractivity contribution in [1.82, 2.24) is 35.3 Å². The smallest absolute Gasteiger partial charge is 0.254 e. The number of amides is 1. The Bertz CT molecular complexity index is 1010. The van der Waals surface area contributed by atoms with Crippen molar-refractivity contribution >= 4 is 17.5 Å². The topological polar surface area (TPSA) is 90.7 Å². The number of fused-ring (bicyclic) bond motifs is 1. The molecular weight excluding hydrogens is 368 g/mol. The van der Waals surface area contributed by atoms with Gasteiger partial charge in [-0.1, -0.05) is 30.3 Å². The van der Waals surface area contributed by atoms with Crippen molar-refractivity contribution in [1.29, 1.82) is 0 Å². The van der Waals surface area contributed by atoms with Gasteiger partial charge in [0.25, 0.3) is 5.78 Å². The highest BCUT2D eigenvalue weighted by atomic mass is 16.2. The largest absolute Gasteiger partial charge is 0.353 e. The summed E-state index contributed by atoms with van der Waals surface area (Å²) in [4.78, 5) is 26.1. The molecule has 1 aromatic carbocycles. The minimum absolute atomic E-state index is 0.000601. The van der Waals surface area contributed by atoms with E-state index in [4.69, 9.17) is 0 Å². The molecule has 9 heteroatoms. The van der Waals surface area contributed by atoms with Crippen LogP contribution in [0.5, 0.6) is 0 Å². The molecule has 0 aliphatic carbocycles. The molecule has 0 bridgehead atoms. The van der Waals surface area contributed by atoms with Gasteiger partial charge in [-0.25, -0.2) is 10.4 Å². The maximum absolute atomic E-state index is 13.2. The normalized spacial score (nSPS) is 22.4. The van der Waals surface area contributed by atoms with Crippen molar-refractivity contribution in [2.24, 2.45) is 5.92 Å². The van der Waals surface area contributed by atoms with Gasteiger partial charge in [0, 0.05) is 44.5 Å². The molecule has 2 fully saturated rings. The fraction of sp³-hybridized carbons (Fsp3) is 0.400. The molecule has 5 rings (SSSR count). The number of rotatable bonds is 3. The molecule has 2 aliphatic heterocycles. The Morgan fingerprint density at radius 2 is 1.93 bits per heavy atom. The van der Waals surface area contributed by atoms with Gasteiger partial charge in [0.15, 0.2) is 0 Å². The molecule has 0 spiro atoms. The van der Waals surface area contributed by atoms with Crippen molar-refractivity contribution in [2.45, 2.75) is 13.0 Å². The third kappa shape index (κ3) is 3.32. The number of hydrogen-bond donors (Lipinski definition) is 2. The van der Waals surface area contributed by atoms with Crippen LogP contribution in [0.4, 0.5) is 5.82 Å². The molecule has 29 heavy (non-hydrogen) atoms. The number of benzene rings is 1. The molecule has 9 nitrogen and oxygen atoms in total. The van der Waals surface area contributed by atoms with Crippen LogP contribution in [0, 0.1) is 12.8 Å². The Hall–Kier alpha value is -3.04. The van der Waals surface area contributed by atoms with Gasteiger partial charge in [0.1, 0.15) is 12.1 Å². The van der Waals surface area contributed by atoms with E-state index < -0.39 is 0 Å². The highest BCUT2D eigenvalue weighted by Gasteiger charge is 2.37. The monoisotopic (exact) mass is 392 g/mol. The molecular formula is C20H24N8O. The summed E-state index contributed by atoms with van der Waals surface area (Å²) < 4.78 is 1.76. The summed E-state index contributed by atoms with van der Waals surface area (Å²) in [6.45, 7) is 5.49. The second kappa shape index (κ2) is 7.41. The number of carbonyl (C=O) groups is 1. The van der Waals surface area contributed by atoms with E-state index in [-0.39, 0.29) is 17.9 Å². The number of anilines is 1. The summed E-state index contributed by atoms with van der Waals surface area (Å²) in [5.74, 6) is 1.68. The number of hydrazine groups is 1. The molecule has 3 aromatic rings. The van der Waals surface area contributed by atoms with E-state index in [1.807, 2.05) is 36.1 Å². The van der Waals surface area contributed by atoms with Crippen molar-refractivity contribution in [2.75, 3.05) is 37.6 Å². The average Bonchev–Trinajstić information content (AvgIpc) is 3.43. The van der Waals surface area contributed by atoms with Gasteiger partial charge < -0.3 is 9.80 Å². The Balaban J connectivity index is 1.29. The lowest BCUT2D eigenvalue weighted by Gasteiger charge is -2.37. The van der Waals surface area contributed by atoms with Gasteiger partial charge in [0.2, 0.25) is 5.91 Å². The first-order valence-electron chi connectivity index (χ1n) is 9.95. The second-order valence-corrected chi connectivity index (χ2v) is 7.56. The van der Waals surface area contributed by atoms with Gasteiger partial charge in [-0.3, -0.25) is 10.2 Å². The van der Waals surface area contributed by atoms with E-state index >= 15 is 0 Å². The van der Waals surface area contributed by atoms with Gasteiger partial charge in [-0.15, -0.1) is 0 Å². The number of aromatic nitrogens is 4. The fourth-order valence-corrected chi connectivity index (χ4v) is 4.23. The third-order valence-electron chi connectivity index (χ3n) is 5.73. The van der Waals surface area contributed by atoms with E-state index in [0.29, 0.717) is 25.4 Å². The van der Waals surface area contributed by atoms with Crippen LogP contribution in [0.1, 0.15) is 17.3 Å². The molecule has 2 saturated heterocycles. The first-order chi connectivity index (χ1) is 14.2. The number of nitrogens with one attached hydrogen (secondary N) is 2. The number of carbonyl (C=O) groups excluding carboxylic acids is 1. The Labute approximate surface area is 168 Å². The fourth-order valence-electron chi connectivity index (χ4n) is 4.23. The van der Waals surface area contributed by atoms with Gasteiger partial charge in [0.05, 0.1) is 12.0 Å². The molecule has 0 radical (unpaired) electrons. The molecule has 150 valence electrons. The van der Waals surface area contributed by atoms with Crippen LogP contribution in [0.25, 0.3) is 5.78 Å². The number of hydrogen-bond acceptors (Lipinski definition) is 7. The number of nitrogens with zero attached hydrogens (tertiary/aromatic N) is 6. The summed E-state index contributed by atoms with van der Waals surface area (Å²) in [5, 5.41) is 4.30. The van der Waals surface area contributed by atoms with E-state index in [9.17, 15) is 4.79 Å². The highest BCUT2D eigenvalue weighted by Crippen LogP contribution is 2.27. The first-order valence-corrected chi connectivity index (χ1v) is 9.95. The van der Waals surface area contributed by atoms with Gasteiger partial charge in [-0.05, 0) is 12.5 Å². The predicted molar refractivity (Wildman–Crippen MR) is 108 cm³/mol. The predicted octanol–water partition coefficient (Wildman–Crippen LogP) is 0.547. The second-order valence-electron chi connectivity index (χ2n) is 7.56. The summed E-state index contributed by atoms with van der Waals surface area (Å²) >= 11 is 0. The lowest BCUT2D eigenvalue weighted by molar-refractivity contribution is -0.135. The molecule has 2 aromatic heterocycles. The highest BCUT2D eigenvalue weighted by molar-refractivity contribution is 5.80. The SMILES string of the molecule is Cc1cc(N2CCN(C(=O)C3CNNC3c3ccccc3)CC2)n2ncnc2n1. The van der Waals surface area contributed by atoms with E-state index in [0.717, 1.165) is 30.2 Å². The standard InChI is InChI=1S/C20H24N8O/c1-14-11-17(28-20(24-14)21-13-23-28)26-7-9-27(10-8-26)19(29)16-12-22-25-18(16)15-5-3-2-4-6-15/h2-6,11,13,16,18,22,25H,7-10,12H2,1H3. The zero-order valence-corrected chi connectivity index (χ0v) is 16.3. The maximum Gasteiger partial charge on any atom is 0.254 e. The van der Waals surface area contributed by atoms with E-state index in [1.165, 1.54) is 6.33 Å². The lowest BCUT2D eigenvalue weighted by Crippen LogP contribution is -2.51. The Kier molecular flexibility index (Phi) is 4.61. The van der Waals surface area contributed by atoms with Crippen LogP contribution in [0.2, 0.25) is 0 Å². The van der Waals surface area contributed by atoms with Crippen LogP contribution >= 0.6 is 0 Å². The summed E-state index contributed by atoms with van der Waals surface area (Å²) in [7, 11) is 0. The lowest BCUT2D eigenvalue weighted by atomic mass is 9.93. The van der Waals surface area contributed by atoms with Crippen LogP contribution in [-0.2, 0) is 4.79 Å². The number of piperazine rings is 1. The summed E-state index contributed by atoms with van der Waals surface area (Å²) in [6, 6.07) is 12.2. The van der Waals surface area contributed by atoms with Gasteiger partial charge >= 0.3 is 0 Å². The van der Waals surface area contributed by atoms with Crippen molar-refractivity contribution in [3.05, 3.63) is 54.0 Å². The van der Waals surface area contributed by atoms with Crippen molar-refractivity contribution < 1.29 is 4.79 Å². The maximum atomic E-state index is 13.2. The zero-order chi connectivity index (χ0) is 19.8. The number of aryl methyl sites for hydroxylation is 1. The Morgan fingerprint density at radius 1 is 1.14 bits per heavy atom. The van der Waals surface area contributed by atoms with Crippen molar-refractivity contribution in [3.8, 4) is 0 Å². The summed E-state index contributed by atoms with van der Waals surface area (Å²) in [6.07, 6.45) is 1.52. The molecule has 2 N–H and O–H groups in total. The minimum Gasteiger partial charge on any atom is -0.353 e. The quantitative estimate of drug-likeness (QED) is 0.673. The molecule has 2 aliphatic rings. The van der Waals surface area contributed by atoms with Gasteiger partial charge in [-0.2, -0.15) is 14.6 Å². The summed E-state index contributed by atoms with van der Waals surface area (Å²) in [5.41, 5.74) is 8.48. The van der Waals surface area contributed by atoms with Crippen molar-refractivity contribution in [3.63, 3.8) is 0 Å². The van der Waals surface area contributed by atoms with Crippen LogP contribution in [-0.4, -0.2) is 63.1 Å². The van der Waals surface area contributed by atoms with Crippen LogP contribution in [0.3, 0.4) is 0 Å². The molecule has 2 unspecified atom stereocenters. The van der Waals surface area contributed by atoms with Crippen LogP contribution < -0.4 is 15.8 Å². The first kappa shape index (κ1) is 18.0. The molecule has 2 atom stereocenters. The molecule has 0 saturated carbocycles. The third-order valence-corrected chi connectivity index (χ3v) is 5.73. The zero-order valence-electron chi connectivity index (χ0n) is 16.3. The molecule has 1 amide bonds. The van der Waals surface area contributed by atoms with E-state index in [2.05, 4.69) is 43.0 Å². The average molecular weight is 392 g/mol. The minimum atomic E-state index is -0.103. The molecule has 4 heterocycles. The van der Waals surface area contributed by atoms with Crippen LogP contribution in [0.15, 0.2) is 42.7 Å².